The van der Waals surface area contributed by atoms with Crippen LogP contribution in [-0.4, -0.2) is 20.2 Å². The lowest BCUT2D eigenvalue weighted by Gasteiger charge is -2.05. The van der Waals surface area contributed by atoms with Crippen LogP contribution in [0.2, 0.25) is 5.02 Å². The van der Waals surface area contributed by atoms with Crippen molar-refractivity contribution in [1.29, 1.82) is 5.26 Å². The van der Waals surface area contributed by atoms with Crippen LogP contribution in [0.4, 0.5) is 0 Å². The second-order valence-electron chi connectivity index (χ2n) is 4.45. The van der Waals surface area contributed by atoms with E-state index in [1.807, 2.05) is 30.3 Å². The molecule has 0 bridgehead atoms. The lowest BCUT2D eigenvalue weighted by Crippen LogP contribution is -1.99. The Balaban J connectivity index is 1.80. The molecule has 0 aliphatic carbocycles. The zero-order chi connectivity index (χ0) is 15.4. The predicted octanol–water partition coefficient (Wildman–Crippen LogP) is 3.48. The molecule has 0 N–H and O–H groups in total. The van der Waals surface area contributed by atoms with Gasteiger partial charge in [0.05, 0.1) is 17.3 Å². The quantitative estimate of drug-likeness (QED) is 0.686. The number of thioether (sulfide) groups is 1. The minimum absolute atomic E-state index is 0.630. The fraction of sp³-hybridized carbons (Fsp3) is 0.0667. The summed E-state index contributed by atoms with van der Waals surface area (Å²) in [6, 6.07) is 17.0. The van der Waals surface area contributed by atoms with E-state index >= 15 is 0 Å². The van der Waals surface area contributed by atoms with Gasteiger partial charge in [0.25, 0.3) is 0 Å². The molecule has 0 atom stereocenters. The summed E-state index contributed by atoms with van der Waals surface area (Å²) < 4.78 is 1.64. The standard InChI is InChI=1S/C15H10ClN5S/c16-13-5-2-6-14(8-13)21-15(18-19-20-21)22-10-12-4-1-3-11(7-12)9-17/h1-8H,10H2. The maximum atomic E-state index is 8.93. The first kappa shape index (κ1) is 14.6. The minimum Gasteiger partial charge on any atom is -0.192 e. The summed E-state index contributed by atoms with van der Waals surface area (Å²) in [5, 5.41) is 22.0. The van der Waals surface area contributed by atoms with Gasteiger partial charge in [-0.2, -0.15) is 9.94 Å². The van der Waals surface area contributed by atoms with E-state index in [1.165, 1.54) is 11.8 Å². The Labute approximate surface area is 136 Å². The van der Waals surface area contributed by atoms with E-state index in [9.17, 15) is 0 Å². The van der Waals surface area contributed by atoms with Crippen molar-refractivity contribution < 1.29 is 0 Å². The van der Waals surface area contributed by atoms with E-state index in [2.05, 4.69) is 21.6 Å². The molecule has 0 unspecified atom stereocenters. The van der Waals surface area contributed by atoms with Crippen molar-refractivity contribution in [1.82, 2.24) is 20.2 Å². The molecule has 22 heavy (non-hydrogen) atoms. The third-order valence-electron chi connectivity index (χ3n) is 2.92. The second kappa shape index (κ2) is 6.60. The molecule has 5 nitrogen and oxygen atoms in total. The molecule has 0 fully saturated rings. The van der Waals surface area contributed by atoms with Crippen molar-refractivity contribution in [3.05, 3.63) is 64.7 Å². The number of hydrogen-bond acceptors (Lipinski definition) is 5. The molecule has 0 saturated heterocycles. The summed E-state index contributed by atoms with van der Waals surface area (Å²) in [6.45, 7) is 0. The monoisotopic (exact) mass is 327 g/mol. The van der Waals surface area contributed by atoms with Crippen molar-refractivity contribution in [3.63, 3.8) is 0 Å². The highest BCUT2D eigenvalue weighted by atomic mass is 35.5. The maximum absolute atomic E-state index is 8.93. The van der Waals surface area contributed by atoms with Gasteiger partial charge in [-0.05, 0) is 46.3 Å². The lowest BCUT2D eigenvalue weighted by atomic mass is 10.2. The van der Waals surface area contributed by atoms with Crippen LogP contribution < -0.4 is 0 Å². The van der Waals surface area contributed by atoms with E-state index in [0.29, 0.717) is 21.5 Å². The van der Waals surface area contributed by atoms with Crippen LogP contribution in [0.15, 0.2) is 53.7 Å². The summed E-state index contributed by atoms with van der Waals surface area (Å²) in [6.07, 6.45) is 0. The fourth-order valence-electron chi connectivity index (χ4n) is 1.92. The first-order valence-corrected chi connectivity index (χ1v) is 7.79. The number of nitrogens with zero attached hydrogens (tertiary/aromatic N) is 5. The molecule has 0 spiro atoms. The van der Waals surface area contributed by atoms with Crippen LogP contribution in [-0.2, 0) is 5.75 Å². The predicted molar refractivity (Wildman–Crippen MR) is 84.9 cm³/mol. The second-order valence-corrected chi connectivity index (χ2v) is 5.83. The number of aromatic nitrogens is 4. The molecular weight excluding hydrogens is 318 g/mol. The summed E-state index contributed by atoms with van der Waals surface area (Å²) in [5.74, 6) is 0.677. The number of nitriles is 1. The molecule has 3 rings (SSSR count). The average Bonchev–Trinajstić information content (AvgIpc) is 3.02. The fourth-order valence-corrected chi connectivity index (χ4v) is 2.94. The lowest BCUT2D eigenvalue weighted by molar-refractivity contribution is 0.756. The Morgan fingerprint density at radius 3 is 2.86 bits per heavy atom. The molecule has 1 heterocycles. The van der Waals surface area contributed by atoms with Crippen LogP contribution >= 0.6 is 23.4 Å². The minimum atomic E-state index is 0.630. The van der Waals surface area contributed by atoms with Crippen molar-refractivity contribution in [3.8, 4) is 11.8 Å². The molecule has 7 heteroatoms. The van der Waals surface area contributed by atoms with Gasteiger partial charge < -0.3 is 0 Å². The number of halogens is 1. The van der Waals surface area contributed by atoms with E-state index in [1.54, 1.807) is 22.9 Å². The van der Waals surface area contributed by atoms with Gasteiger partial charge in [0.2, 0.25) is 5.16 Å². The molecular formula is C15H10ClN5S. The SMILES string of the molecule is N#Cc1cccc(CSc2nnnn2-c2cccc(Cl)c2)c1. The molecule has 3 aromatic rings. The van der Waals surface area contributed by atoms with Crippen LogP contribution in [0.25, 0.3) is 5.69 Å². The largest absolute Gasteiger partial charge is 0.214 e. The molecule has 0 amide bonds. The van der Waals surface area contributed by atoms with E-state index in [4.69, 9.17) is 16.9 Å². The highest BCUT2D eigenvalue weighted by Gasteiger charge is 2.09. The Hall–Kier alpha value is -2.36. The van der Waals surface area contributed by atoms with Gasteiger partial charge in [0.15, 0.2) is 0 Å². The zero-order valence-electron chi connectivity index (χ0n) is 11.3. The van der Waals surface area contributed by atoms with Crippen LogP contribution in [0.1, 0.15) is 11.1 Å². The highest BCUT2D eigenvalue weighted by molar-refractivity contribution is 7.98. The Kier molecular flexibility index (Phi) is 4.37. The molecule has 0 aliphatic rings. The summed E-state index contributed by atoms with van der Waals surface area (Å²) in [5.41, 5.74) is 2.50. The van der Waals surface area contributed by atoms with Crippen molar-refractivity contribution >= 4 is 23.4 Å². The number of rotatable bonds is 4. The molecule has 0 aliphatic heterocycles. The third-order valence-corrected chi connectivity index (χ3v) is 4.14. The molecule has 0 saturated carbocycles. The molecule has 0 radical (unpaired) electrons. The summed E-state index contributed by atoms with van der Waals surface area (Å²) in [4.78, 5) is 0. The molecule has 2 aromatic carbocycles. The summed E-state index contributed by atoms with van der Waals surface area (Å²) in [7, 11) is 0. The number of hydrogen-bond donors (Lipinski definition) is 0. The molecule has 108 valence electrons. The Bertz CT molecular complexity index is 840. The van der Waals surface area contributed by atoms with Gasteiger partial charge in [0, 0.05) is 10.8 Å². The van der Waals surface area contributed by atoms with Crippen LogP contribution in [0, 0.1) is 11.3 Å². The van der Waals surface area contributed by atoms with Gasteiger partial charge in [-0.15, -0.1) is 5.10 Å². The average molecular weight is 328 g/mol. The van der Waals surface area contributed by atoms with Gasteiger partial charge in [0.1, 0.15) is 0 Å². The third kappa shape index (κ3) is 3.27. The van der Waals surface area contributed by atoms with Crippen LogP contribution in [0.5, 0.6) is 0 Å². The Morgan fingerprint density at radius 1 is 1.18 bits per heavy atom. The van der Waals surface area contributed by atoms with E-state index < -0.39 is 0 Å². The van der Waals surface area contributed by atoms with Crippen LogP contribution in [0.3, 0.4) is 0 Å². The van der Waals surface area contributed by atoms with Crippen molar-refractivity contribution in [2.45, 2.75) is 10.9 Å². The Morgan fingerprint density at radius 2 is 2.05 bits per heavy atom. The van der Waals surface area contributed by atoms with Gasteiger partial charge in [-0.3, -0.25) is 0 Å². The number of benzene rings is 2. The first-order chi connectivity index (χ1) is 10.8. The topological polar surface area (TPSA) is 67.4 Å². The zero-order valence-corrected chi connectivity index (χ0v) is 12.9. The van der Waals surface area contributed by atoms with Crippen molar-refractivity contribution in [2.75, 3.05) is 0 Å². The number of tetrazole rings is 1. The smallest absolute Gasteiger partial charge is 0.192 e. The molecule has 1 aromatic heterocycles. The van der Waals surface area contributed by atoms with Gasteiger partial charge in [-0.1, -0.05) is 41.6 Å². The van der Waals surface area contributed by atoms with Gasteiger partial charge >= 0.3 is 0 Å². The van der Waals surface area contributed by atoms with Gasteiger partial charge in [-0.25, -0.2) is 0 Å². The highest BCUT2D eigenvalue weighted by Crippen LogP contribution is 2.23. The first-order valence-electron chi connectivity index (χ1n) is 6.42. The van der Waals surface area contributed by atoms with E-state index in [-0.39, 0.29) is 0 Å². The van der Waals surface area contributed by atoms with E-state index in [0.717, 1.165) is 11.3 Å². The van der Waals surface area contributed by atoms with Crippen molar-refractivity contribution in [2.24, 2.45) is 0 Å². The summed E-state index contributed by atoms with van der Waals surface area (Å²) >= 11 is 7.50. The maximum Gasteiger partial charge on any atom is 0.214 e. The normalized spacial score (nSPS) is 10.4.